The molecule has 7 heteroatoms. The van der Waals surface area contributed by atoms with E-state index in [1.165, 1.54) is 11.8 Å². The maximum Gasteiger partial charge on any atom is 0.501 e. The number of hydrogen-bond donors (Lipinski definition) is 0. The molecule has 2 bridgehead atoms. The highest BCUT2D eigenvalue weighted by atomic mass is 32.2. The third-order valence-corrected chi connectivity index (χ3v) is 8.29. The number of fused-ring (bicyclic) bond motifs is 6. The lowest BCUT2D eigenvalue weighted by Gasteiger charge is -2.38. The molecule has 0 spiro atoms. The van der Waals surface area contributed by atoms with Crippen LogP contribution in [-0.2, 0) is 13.3 Å². The van der Waals surface area contributed by atoms with Crippen LogP contribution < -0.4 is 0 Å². The Labute approximate surface area is 149 Å². The standard InChI is InChI=1S/C17H25NO4SSi/c1-15-5-2-3-6-16(15)17(19)23-13-4-14-24-20-10-7-18(8-11-21-24)9-12-22-24/h2-3,5-6H,4,7-14H2,1H3. The minimum atomic E-state index is -2.54. The van der Waals surface area contributed by atoms with Gasteiger partial charge in [0.15, 0.2) is 0 Å². The molecule has 0 amide bonds. The van der Waals surface area contributed by atoms with Crippen molar-refractivity contribution < 1.29 is 18.1 Å². The maximum absolute atomic E-state index is 12.3. The topological polar surface area (TPSA) is 48.0 Å². The van der Waals surface area contributed by atoms with Gasteiger partial charge in [-0.1, -0.05) is 36.0 Å². The number of nitrogens with zero attached hydrogens (tertiary/aromatic N) is 1. The second-order valence-electron chi connectivity index (χ2n) is 6.12. The SMILES string of the molecule is Cc1ccccc1C(=O)SCCC[Si]12OCCN(CCO1)CCO2. The van der Waals surface area contributed by atoms with E-state index < -0.39 is 8.80 Å². The van der Waals surface area contributed by atoms with Gasteiger partial charge in [-0.3, -0.25) is 9.69 Å². The highest BCUT2D eigenvalue weighted by Gasteiger charge is 2.43. The third kappa shape index (κ3) is 4.68. The van der Waals surface area contributed by atoms with E-state index in [9.17, 15) is 4.79 Å². The second-order valence-corrected chi connectivity index (χ2v) is 9.92. The Bertz CT molecular complexity index is 545. The summed E-state index contributed by atoms with van der Waals surface area (Å²) >= 11 is 1.38. The van der Waals surface area contributed by atoms with Gasteiger partial charge in [0, 0.05) is 37.0 Å². The number of carbonyl (C=O) groups excluding carboxylic acids is 1. The molecule has 132 valence electrons. The molecule has 3 saturated heterocycles. The van der Waals surface area contributed by atoms with Crippen LogP contribution in [0, 0.1) is 6.92 Å². The Kier molecular flexibility index (Phi) is 6.48. The van der Waals surface area contributed by atoms with Crippen molar-refractivity contribution in [2.45, 2.75) is 19.4 Å². The first-order valence-corrected chi connectivity index (χ1v) is 11.5. The van der Waals surface area contributed by atoms with Crippen LogP contribution >= 0.6 is 11.8 Å². The van der Waals surface area contributed by atoms with Crippen molar-refractivity contribution in [3.63, 3.8) is 0 Å². The average molecular weight is 368 g/mol. The molecule has 1 aromatic rings. The highest BCUT2D eigenvalue weighted by molar-refractivity contribution is 8.14. The van der Waals surface area contributed by atoms with Gasteiger partial charge in [-0.05, 0) is 18.9 Å². The Morgan fingerprint density at radius 1 is 1.12 bits per heavy atom. The molecule has 0 aromatic heterocycles. The number of hydrogen-bond acceptors (Lipinski definition) is 6. The summed E-state index contributed by atoms with van der Waals surface area (Å²) < 4.78 is 18.0. The van der Waals surface area contributed by atoms with Crippen molar-refractivity contribution in [3.05, 3.63) is 35.4 Å². The zero-order chi connectivity index (χ0) is 16.8. The van der Waals surface area contributed by atoms with Crippen LogP contribution in [0.3, 0.4) is 0 Å². The van der Waals surface area contributed by atoms with Crippen molar-refractivity contribution in [2.75, 3.05) is 45.2 Å². The van der Waals surface area contributed by atoms with Gasteiger partial charge < -0.3 is 13.3 Å². The van der Waals surface area contributed by atoms with Gasteiger partial charge in [-0.2, -0.15) is 0 Å². The first-order valence-electron chi connectivity index (χ1n) is 8.55. The fourth-order valence-electron chi connectivity index (χ4n) is 3.00. The molecule has 3 aliphatic heterocycles. The summed E-state index contributed by atoms with van der Waals surface area (Å²) in [6.07, 6.45) is 0.873. The Hall–Kier alpha value is -0.703. The molecule has 24 heavy (non-hydrogen) atoms. The first-order chi connectivity index (χ1) is 11.7. The zero-order valence-electron chi connectivity index (χ0n) is 14.2. The molecule has 3 fully saturated rings. The molecule has 1 aromatic carbocycles. The second kappa shape index (κ2) is 8.60. The summed E-state index contributed by atoms with van der Waals surface area (Å²) in [6.45, 7) is 6.90. The summed E-state index contributed by atoms with van der Waals surface area (Å²) in [5.41, 5.74) is 1.83. The Morgan fingerprint density at radius 2 is 1.75 bits per heavy atom. The van der Waals surface area contributed by atoms with Gasteiger partial charge >= 0.3 is 8.80 Å². The van der Waals surface area contributed by atoms with Crippen molar-refractivity contribution in [1.82, 2.24) is 4.90 Å². The molecule has 0 radical (unpaired) electrons. The summed E-state index contributed by atoms with van der Waals surface area (Å²) in [6, 6.07) is 8.53. The third-order valence-electron chi connectivity index (χ3n) is 4.41. The van der Waals surface area contributed by atoms with Crippen molar-refractivity contribution in [2.24, 2.45) is 0 Å². The Balaban J connectivity index is 1.48. The molecule has 0 N–H and O–H groups in total. The number of thioether (sulfide) groups is 1. The molecular formula is C17H25NO4SSi. The fourth-order valence-corrected chi connectivity index (χ4v) is 6.62. The van der Waals surface area contributed by atoms with Crippen LogP contribution in [-0.4, -0.2) is 64.0 Å². The van der Waals surface area contributed by atoms with E-state index in [0.29, 0.717) is 19.8 Å². The lowest BCUT2D eigenvalue weighted by molar-refractivity contribution is -0.00829. The normalized spacial score (nSPS) is 27.3. The molecule has 0 saturated carbocycles. The van der Waals surface area contributed by atoms with Gasteiger partial charge in [-0.15, -0.1) is 0 Å². The van der Waals surface area contributed by atoms with Crippen LogP contribution in [0.1, 0.15) is 22.3 Å². The minimum Gasteiger partial charge on any atom is -0.372 e. The quantitative estimate of drug-likeness (QED) is 0.589. The van der Waals surface area contributed by atoms with Gasteiger partial charge in [0.05, 0.1) is 19.8 Å². The Morgan fingerprint density at radius 3 is 2.38 bits per heavy atom. The fraction of sp³-hybridized carbons (Fsp3) is 0.588. The summed E-state index contributed by atoms with van der Waals surface area (Å²) in [4.78, 5) is 14.6. The van der Waals surface area contributed by atoms with E-state index in [4.69, 9.17) is 13.3 Å². The van der Waals surface area contributed by atoms with Gasteiger partial charge in [0.1, 0.15) is 0 Å². The lowest BCUT2D eigenvalue weighted by atomic mass is 10.1. The van der Waals surface area contributed by atoms with Gasteiger partial charge in [-0.25, -0.2) is 0 Å². The van der Waals surface area contributed by atoms with E-state index >= 15 is 0 Å². The molecule has 4 rings (SSSR count). The predicted octanol–water partition coefficient (Wildman–Crippen LogP) is 2.58. The largest absolute Gasteiger partial charge is 0.501 e. The maximum atomic E-state index is 12.3. The first kappa shape index (κ1) is 18.1. The lowest BCUT2D eigenvalue weighted by Crippen LogP contribution is -2.55. The van der Waals surface area contributed by atoms with Crippen molar-refractivity contribution in [1.29, 1.82) is 0 Å². The van der Waals surface area contributed by atoms with E-state index in [0.717, 1.165) is 49.0 Å². The summed E-state index contributed by atoms with van der Waals surface area (Å²) in [7, 11) is -2.54. The number of carbonyl (C=O) groups is 1. The van der Waals surface area contributed by atoms with Crippen LogP contribution in [0.5, 0.6) is 0 Å². The van der Waals surface area contributed by atoms with Crippen LogP contribution in [0.25, 0.3) is 0 Å². The van der Waals surface area contributed by atoms with E-state index in [-0.39, 0.29) is 5.12 Å². The number of rotatable bonds is 5. The zero-order valence-corrected chi connectivity index (χ0v) is 16.0. The van der Waals surface area contributed by atoms with Gasteiger partial charge in [0.25, 0.3) is 0 Å². The molecule has 3 heterocycles. The molecule has 0 unspecified atom stereocenters. The van der Waals surface area contributed by atoms with Gasteiger partial charge in [0.2, 0.25) is 5.12 Å². The summed E-state index contributed by atoms with van der Waals surface area (Å²) in [5.74, 6) is 0.768. The summed E-state index contributed by atoms with van der Waals surface area (Å²) in [5, 5.41) is 0.140. The van der Waals surface area contributed by atoms with Crippen molar-refractivity contribution >= 4 is 25.7 Å². The van der Waals surface area contributed by atoms with E-state index in [1.54, 1.807) is 0 Å². The van der Waals surface area contributed by atoms with Crippen LogP contribution in [0.15, 0.2) is 24.3 Å². The molecular weight excluding hydrogens is 342 g/mol. The highest BCUT2D eigenvalue weighted by Crippen LogP contribution is 2.24. The van der Waals surface area contributed by atoms with Crippen LogP contribution in [0.4, 0.5) is 0 Å². The predicted molar refractivity (Wildman–Crippen MR) is 97.4 cm³/mol. The number of benzene rings is 1. The molecule has 0 atom stereocenters. The molecule has 3 aliphatic rings. The molecule has 0 aliphatic carbocycles. The van der Waals surface area contributed by atoms with E-state index in [2.05, 4.69) is 4.90 Å². The van der Waals surface area contributed by atoms with E-state index in [1.807, 2.05) is 31.2 Å². The monoisotopic (exact) mass is 367 g/mol. The van der Waals surface area contributed by atoms with Crippen LogP contribution in [0.2, 0.25) is 6.04 Å². The average Bonchev–Trinajstić information content (AvgIpc) is 2.52. The minimum absolute atomic E-state index is 0.140. The van der Waals surface area contributed by atoms with Crippen molar-refractivity contribution in [3.8, 4) is 0 Å². The smallest absolute Gasteiger partial charge is 0.372 e. The molecule has 5 nitrogen and oxygen atoms in total. The number of aryl methyl sites for hydroxylation is 1.